The molecular formula is C12H11FN2O. The Morgan fingerprint density at radius 2 is 1.81 bits per heavy atom. The van der Waals surface area contributed by atoms with Crippen molar-refractivity contribution in [2.45, 2.75) is 6.54 Å². The van der Waals surface area contributed by atoms with Crippen molar-refractivity contribution >= 4 is 11.6 Å². The molecule has 0 aliphatic rings. The van der Waals surface area contributed by atoms with Gasteiger partial charge in [-0.25, -0.2) is 4.39 Å². The minimum atomic E-state index is -0.316. The molecule has 0 unspecified atom stereocenters. The molecule has 0 fully saturated rings. The summed E-state index contributed by atoms with van der Waals surface area (Å²) in [5, 5.41) is 2.68. The number of nitrogens with zero attached hydrogens (tertiary/aromatic N) is 1. The summed E-state index contributed by atoms with van der Waals surface area (Å²) in [5.74, 6) is -0.453. The number of carbonyl (C=O) groups is 1. The van der Waals surface area contributed by atoms with Gasteiger partial charge in [0.15, 0.2) is 0 Å². The number of benzene rings is 1. The van der Waals surface area contributed by atoms with E-state index in [1.54, 1.807) is 4.57 Å². The van der Waals surface area contributed by atoms with Crippen LogP contribution in [0.2, 0.25) is 0 Å². The summed E-state index contributed by atoms with van der Waals surface area (Å²) in [6.45, 7) is 0.254. The SMILES string of the molecule is O=C(Cn1cccc1)Nc1ccc(F)cc1. The molecule has 1 aromatic carbocycles. The van der Waals surface area contributed by atoms with E-state index in [1.165, 1.54) is 24.3 Å². The number of nitrogens with one attached hydrogen (secondary N) is 1. The summed E-state index contributed by atoms with van der Waals surface area (Å²) in [6.07, 6.45) is 3.62. The minimum Gasteiger partial charge on any atom is -0.345 e. The molecule has 0 bridgehead atoms. The van der Waals surface area contributed by atoms with Crippen LogP contribution in [0.15, 0.2) is 48.8 Å². The molecule has 1 heterocycles. The molecule has 4 heteroatoms. The third-order valence-corrected chi connectivity index (χ3v) is 2.12. The molecule has 1 N–H and O–H groups in total. The smallest absolute Gasteiger partial charge is 0.244 e. The highest BCUT2D eigenvalue weighted by Gasteiger charge is 2.02. The van der Waals surface area contributed by atoms with Crippen molar-refractivity contribution in [1.29, 1.82) is 0 Å². The van der Waals surface area contributed by atoms with Gasteiger partial charge in [0.25, 0.3) is 0 Å². The number of amides is 1. The van der Waals surface area contributed by atoms with Crippen LogP contribution in [0.1, 0.15) is 0 Å². The molecule has 82 valence electrons. The fourth-order valence-electron chi connectivity index (χ4n) is 1.38. The monoisotopic (exact) mass is 218 g/mol. The van der Waals surface area contributed by atoms with Gasteiger partial charge < -0.3 is 9.88 Å². The number of anilines is 1. The fourth-order valence-corrected chi connectivity index (χ4v) is 1.38. The van der Waals surface area contributed by atoms with E-state index in [1.807, 2.05) is 24.5 Å². The van der Waals surface area contributed by atoms with Crippen molar-refractivity contribution in [3.63, 3.8) is 0 Å². The zero-order valence-corrected chi connectivity index (χ0v) is 8.56. The molecule has 2 aromatic rings. The predicted octanol–water partition coefficient (Wildman–Crippen LogP) is 2.27. The van der Waals surface area contributed by atoms with Crippen LogP contribution >= 0.6 is 0 Å². The number of aromatic nitrogens is 1. The van der Waals surface area contributed by atoms with Crippen molar-refractivity contribution < 1.29 is 9.18 Å². The first-order valence-corrected chi connectivity index (χ1v) is 4.90. The van der Waals surface area contributed by atoms with Crippen LogP contribution in [0.25, 0.3) is 0 Å². The van der Waals surface area contributed by atoms with Gasteiger partial charge in [-0.05, 0) is 36.4 Å². The van der Waals surface area contributed by atoms with Crippen LogP contribution < -0.4 is 5.32 Å². The molecule has 3 nitrogen and oxygen atoms in total. The average molecular weight is 218 g/mol. The number of carbonyl (C=O) groups excluding carboxylic acids is 1. The highest BCUT2D eigenvalue weighted by molar-refractivity contribution is 5.90. The van der Waals surface area contributed by atoms with E-state index in [9.17, 15) is 9.18 Å². The van der Waals surface area contributed by atoms with Crippen LogP contribution in [0, 0.1) is 5.82 Å². The number of hydrogen-bond acceptors (Lipinski definition) is 1. The zero-order valence-electron chi connectivity index (χ0n) is 8.56. The summed E-state index contributed by atoms with van der Waals surface area (Å²) in [7, 11) is 0. The average Bonchev–Trinajstić information content (AvgIpc) is 2.74. The van der Waals surface area contributed by atoms with Crippen LogP contribution in [-0.4, -0.2) is 10.5 Å². The van der Waals surface area contributed by atoms with Gasteiger partial charge in [0.1, 0.15) is 12.4 Å². The molecule has 0 saturated heterocycles. The maximum atomic E-state index is 12.6. The molecule has 0 spiro atoms. The molecule has 1 aromatic heterocycles. The minimum absolute atomic E-state index is 0.136. The second kappa shape index (κ2) is 4.61. The van der Waals surface area contributed by atoms with Gasteiger partial charge in [0.05, 0.1) is 0 Å². The van der Waals surface area contributed by atoms with Crippen LogP contribution in [0.4, 0.5) is 10.1 Å². The van der Waals surface area contributed by atoms with Gasteiger partial charge in [0, 0.05) is 18.1 Å². The Morgan fingerprint density at radius 3 is 2.44 bits per heavy atom. The van der Waals surface area contributed by atoms with Gasteiger partial charge in [0.2, 0.25) is 5.91 Å². The lowest BCUT2D eigenvalue weighted by atomic mass is 10.3. The van der Waals surface area contributed by atoms with Crippen molar-refractivity contribution in [3.8, 4) is 0 Å². The van der Waals surface area contributed by atoms with E-state index in [4.69, 9.17) is 0 Å². The van der Waals surface area contributed by atoms with Gasteiger partial charge in [-0.1, -0.05) is 0 Å². The van der Waals surface area contributed by atoms with E-state index in [-0.39, 0.29) is 18.3 Å². The van der Waals surface area contributed by atoms with E-state index in [0.29, 0.717) is 5.69 Å². The molecule has 0 saturated carbocycles. The fraction of sp³-hybridized carbons (Fsp3) is 0.0833. The zero-order chi connectivity index (χ0) is 11.4. The third kappa shape index (κ3) is 2.70. The molecule has 0 aliphatic carbocycles. The Morgan fingerprint density at radius 1 is 1.19 bits per heavy atom. The van der Waals surface area contributed by atoms with Crippen LogP contribution in [-0.2, 0) is 11.3 Å². The van der Waals surface area contributed by atoms with Crippen LogP contribution in [0.3, 0.4) is 0 Å². The van der Waals surface area contributed by atoms with Gasteiger partial charge in [-0.3, -0.25) is 4.79 Å². The Labute approximate surface area is 92.5 Å². The van der Waals surface area contributed by atoms with Crippen molar-refractivity contribution in [2.24, 2.45) is 0 Å². The van der Waals surface area contributed by atoms with Gasteiger partial charge in [-0.15, -0.1) is 0 Å². The lowest BCUT2D eigenvalue weighted by molar-refractivity contribution is -0.116. The molecule has 1 amide bonds. The summed E-state index contributed by atoms with van der Waals surface area (Å²) in [6, 6.07) is 9.39. The summed E-state index contributed by atoms with van der Waals surface area (Å²) in [5.41, 5.74) is 0.596. The molecule has 0 radical (unpaired) electrons. The standard InChI is InChI=1S/C12H11FN2O/c13-10-3-5-11(6-4-10)14-12(16)9-15-7-1-2-8-15/h1-8H,9H2,(H,14,16). The second-order valence-electron chi connectivity index (χ2n) is 3.41. The topological polar surface area (TPSA) is 34.0 Å². The molecule has 2 rings (SSSR count). The number of halogens is 1. The first kappa shape index (κ1) is 10.4. The molecular weight excluding hydrogens is 207 g/mol. The summed E-state index contributed by atoms with van der Waals surface area (Å²) < 4.78 is 14.4. The van der Waals surface area contributed by atoms with E-state index in [2.05, 4.69) is 5.32 Å². The lowest BCUT2D eigenvalue weighted by Crippen LogP contribution is -2.17. The van der Waals surface area contributed by atoms with Gasteiger partial charge in [-0.2, -0.15) is 0 Å². The quantitative estimate of drug-likeness (QED) is 0.842. The van der Waals surface area contributed by atoms with Crippen LogP contribution in [0.5, 0.6) is 0 Å². The lowest BCUT2D eigenvalue weighted by Gasteiger charge is -2.05. The van der Waals surface area contributed by atoms with Crippen molar-refractivity contribution in [2.75, 3.05) is 5.32 Å². The first-order valence-electron chi connectivity index (χ1n) is 4.90. The van der Waals surface area contributed by atoms with E-state index < -0.39 is 0 Å². The Balaban J connectivity index is 1.95. The highest BCUT2D eigenvalue weighted by Crippen LogP contribution is 2.08. The second-order valence-corrected chi connectivity index (χ2v) is 3.41. The Kier molecular flexibility index (Phi) is 3.00. The molecule has 0 aliphatic heterocycles. The maximum Gasteiger partial charge on any atom is 0.244 e. The normalized spacial score (nSPS) is 10.1. The Bertz CT molecular complexity index is 462. The highest BCUT2D eigenvalue weighted by atomic mass is 19.1. The molecule has 16 heavy (non-hydrogen) atoms. The maximum absolute atomic E-state index is 12.6. The summed E-state index contributed by atoms with van der Waals surface area (Å²) in [4.78, 5) is 11.5. The van der Waals surface area contributed by atoms with E-state index in [0.717, 1.165) is 0 Å². The van der Waals surface area contributed by atoms with E-state index >= 15 is 0 Å². The predicted molar refractivity (Wildman–Crippen MR) is 59.5 cm³/mol. The number of rotatable bonds is 3. The largest absolute Gasteiger partial charge is 0.345 e. The summed E-state index contributed by atoms with van der Waals surface area (Å²) >= 11 is 0. The third-order valence-electron chi connectivity index (χ3n) is 2.12. The number of hydrogen-bond donors (Lipinski definition) is 1. The van der Waals surface area contributed by atoms with Crippen molar-refractivity contribution in [3.05, 3.63) is 54.6 Å². The first-order chi connectivity index (χ1) is 7.74. The molecule has 0 atom stereocenters. The van der Waals surface area contributed by atoms with Crippen molar-refractivity contribution in [1.82, 2.24) is 4.57 Å². The Hall–Kier alpha value is -2.10. The van der Waals surface area contributed by atoms with Gasteiger partial charge >= 0.3 is 0 Å².